The molecule has 3 amide bonds. The summed E-state index contributed by atoms with van der Waals surface area (Å²) in [5.74, 6) is -4.34. The minimum atomic E-state index is -5.19. The van der Waals surface area contributed by atoms with Crippen molar-refractivity contribution in [1.82, 2.24) is 25.4 Å². The molecule has 0 aliphatic heterocycles. The summed E-state index contributed by atoms with van der Waals surface area (Å²) in [7, 11) is 5.95. The summed E-state index contributed by atoms with van der Waals surface area (Å²) in [6.45, 7) is 15.8. The Balaban J connectivity index is 0.00000348. The SMILES string of the molecule is CC(C)(C)OC(=O)CC[C@H](NC(=O)N[C@@H](CCCCNC(=O)c1ccc([N+](C)(C)C)nc1)C(=O)OC(C)(C)C)C(=O)OC(C)(C)C.O=C([O-])C(F)(F)F. The Morgan fingerprint density at radius 1 is 0.755 bits per heavy atom. The number of unbranched alkanes of at least 4 members (excludes halogenated alkanes) is 1. The molecule has 0 aromatic carbocycles. The van der Waals surface area contributed by atoms with E-state index in [2.05, 4.69) is 20.9 Å². The van der Waals surface area contributed by atoms with Gasteiger partial charge in [-0.15, -0.1) is 0 Å². The van der Waals surface area contributed by atoms with Crippen molar-refractivity contribution >= 4 is 41.6 Å². The van der Waals surface area contributed by atoms with Crippen LogP contribution in [0.5, 0.6) is 0 Å². The van der Waals surface area contributed by atoms with Gasteiger partial charge in [-0.1, -0.05) is 0 Å². The van der Waals surface area contributed by atoms with Gasteiger partial charge in [0.2, 0.25) is 5.82 Å². The Labute approximate surface area is 309 Å². The van der Waals surface area contributed by atoms with E-state index in [0.29, 0.717) is 29.4 Å². The van der Waals surface area contributed by atoms with Gasteiger partial charge in [0.05, 0.1) is 26.7 Å². The fraction of sp³-hybridized carbons (Fsp3) is 0.686. The third-order valence-electron chi connectivity index (χ3n) is 6.18. The number of carbonyl (C=O) groups is 6. The lowest BCUT2D eigenvalue weighted by Crippen LogP contribution is -2.53. The number of rotatable bonds is 14. The lowest BCUT2D eigenvalue weighted by Gasteiger charge is -2.27. The molecule has 2 atom stereocenters. The number of amides is 3. The fourth-order valence-electron chi connectivity index (χ4n) is 3.95. The maximum Gasteiger partial charge on any atom is 0.430 e. The van der Waals surface area contributed by atoms with Crippen molar-refractivity contribution in [3.8, 4) is 0 Å². The van der Waals surface area contributed by atoms with Crippen molar-refractivity contribution in [3.63, 3.8) is 0 Å². The number of carboxylic acids is 1. The van der Waals surface area contributed by atoms with Gasteiger partial charge < -0.3 is 40.1 Å². The summed E-state index contributed by atoms with van der Waals surface area (Å²) < 4.78 is 48.4. The maximum atomic E-state index is 13.1. The van der Waals surface area contributed by atoms with Gasteiger partial charge in [0.25, 0.3) is 5.91 Å². The number of pyridine rings is 1. The van der Waals surface area contributed by atoms with Crippen LogP contribution in [0, 0.1) is 0 Å². The second kappa shape index (κ2) is 20.1. The zero-order chi connectivity index (χ0) is 41.6. The first-order chi connectivity index (χ1) is 23.8. The van der Waals surface area contributed by atoms with Crippen molar-refractivity contribution in [2.45, 2.75) is 129 Å². The first-order valence-electron chi connectivity index (χ1n) is 16.9. The normalized spacial score (nSPS) is 13.3. The highest BCUT2D eigenvalue weighted by Crippen LogP contribution is 2.16. The maximum absolute atomic E-state index is 13.1. The summed E-state index contributed by atoms with van der Waals surface area (Å²) in [6, 6.07) is 0.524. The minimum Gasteiger partial charge on any atom is -0.542 e. The smallest absolute Gasteiger partial charge is 0.430 e. The molecule has 53 heavy (non-hydrogen) atoms. The number of alkyl halides is 3. The summed E-state index contributed by atoms with van der Waals surface area (Å²) in [5, 5.41) is 16.8. The molecular formula is C35H56F3N5O10. The molecule has 1 heterocycles. The molecule has 0 bridgehead atoms. The number of aliphatic carboxylic acids is 1. The van der Waals surface area contributed by atoms with Gasteiger partial charge >= 0.3 is 30.1 Å². The number of urea groups is 1. The third-order valence-corrected chi connectivity index (χ3v) is 6.18. The number of quaternary nitrogens is 1. The van der Waals surface area contributed by atoms with Gasteiger partial charge in [-0.2, -0.15) is 13.2 Å². The standard InChI is InChI=1S/C33H55N5O8.C2HF3O2/c1-31(2,3)44-26(39)19-17-24(29(42)46-33(7,8)9)37-30(43)36-23(28(41)45-32(4,5)6)15-13-14-20-34-27(40)22-16-18-25(35-21-22)38(10,11)12;3-2(4,5)1(6)7/h16,18,21,23-24H,13-15,17,19-20H2,1-12H3,(H2-,34,36,37,40,43);(H,6,7)/t23-,24-;/m0./s1. The Hall–Kier alpha value is -4.48. The Morgan fingerprint density at radius 3 is 1.58 bits per heavy atom. The van der Waals surface area contributed by atoms with E-state index < -0.39 is 65.0 Å². The first kappa shape index (κ1) is 48.5. The van der Waals surface area contributed by atoms with E-state index in [1.165, 1.54) is 6.20 Å². The van der Waals surface area contributed by atoms with E-state index in [4.69, 9.17) is 24.1 Å². The topological polar surface area (TPSA) is 202 Å². The molecule has 0 saturated heterocycles. The number of nitrogens with zero attached hydrogens (tertiary/aromatic N) is 2. The van der Waals surface area contributed by atoms with Gasteiger partial charge in [0, 0.05) is 25.2 Å². The highest BCUT2D eigenvalue weighted by atomic mass is 19.4. The Bertz CT molecular complexity index is 1390. The zero-order valence-electron chi connectivity index (χ0n) is 32.7. The van der Waals surface area contributed by atoms with Crippen LogP contribution in [0.2, 0.25) is 0 Å². The lowest BCUT2D eigenvalue weighted by atomic mass is 10.1. The van der Waals surface area contributed by atoms with Crippen molar-refractivity contribution in [2.75, 3.05) is 27.7 Å². The number of carbonyl (C=O) groups excluding carboxylic acids is 6. The number of ether oxygens (including phenoxy) is 3. The van der Waals surface area contributed by atoms with Crippen molar-refractivity contribution in [1.29, 1.82) is 0 Å². The molecule has 0 fully saturated rings. The van der Waals surface area contributed by atoms with Gasteiger partial charge in [-0.05, 0) is 94.1 Å². The van der Waals surface area contributed by atoms with Gasteiger partial charge in [0.1, 0.15) is 34.9 Å². The molecule has 0 saturated carbocycles. The summed E-state index contributed by atoms with van der Waals surface area (Å²) in [5.41, 5.74) is -1.90. The molecule has 302 valence electrons. The molecule has 1 rings (SSSR count). The van der Waals surface area contributed by atoms with Crippen LogP contribution in [0.1, 0.15) is 105 Å². The van der Waals surface area contributed by atoms with E-state index in [1.54, 1.807) is 68.4 Å². The lowest BCUT2D eigenvalue weighted by molar-refractivity contribution is -0.344. The monoisotopic (exact) mass is 763 g/mol. The van der Waals surface area contributed by atoms with Crippen LogP contribution in [-0.4, -0.2) is 104 Å². The van der Waals surface area contributed by atoms with Crippen molar-refractivity contribution in [2.24, 2.45) is 0 Å². The molecule has 3 N–H and O–H groups in total. The Morgan fingerprint density at radius 2 is 1.21 bits per heavy atom. The molecule has 0 radical (unpaired) electrons. The van der Waals surface area contributed by atoms with Crippen LogP contribution in [0.25, 0.3) is 0 Å². The minimum absolute atomic E-state index is 0.0678. The number of aromatic nitrogens is 1. The van der Waals surface area contributed by atoms with Gasteiger partial charge in [0.15, 0.2) is 0 Å². The van der Waals surface area contributed by atoms with Crippen LogP contribution in [-0.2, 0) is 33.4 Å². The molecular weight excluding hydrogens is 707 g/mol. The molecule has 0 spiro atoms. The predicted octanol–water partition coefficient (Wildman–Crippen LogP) is 3.32. The molecule has 1 aromatic heterocycles. The third kappa shape index (κ3) is 22.9. The molecule has 0 unspecified atom stereocenters. The molecule has 15 nitrogen and oxygen atoms in total. The average Bonchev–Trinajstić information content (AvgIpc) is 2.95. The van der Waals surface area contributed by atoms with Gasteiger partial charge in [-0.25, -0.2) is 19.4 Å². The number of esters is 3. The molecule has 0 aliphatic carbocycles. The van der Waals surface area contributed by atoms with Crippen molar-refractivity contribution in [3.05, 3.63) is 23.9 Å². The number of carboxylic acid groups (broad SMARTS) is 1. The summed E-state index contributed by atoms with van der Waals surface area (Å²) in [4.78, 5) is 77.0. The quantitative estimate of drug-likeness (QED) is 0.109. The number of halogens is 3. The molecule has 1 aromatic rings. The fourth-order valence-corrected chi connectivity index (χ4v) is 3.95. The largest absolute Gasteiger partial charge is 0.542 e. The van der Waals surface area contributed by atoms with E-state index in [9.17, 15) is 37.1 Å². The highest BCUT2D eigenvalue weighted by Gasteiger charge is 2.31. The molecule has 0 aliphatic rings. The Kier molecular flexibility index (Phi) is 18.4. The van der Waals surface area contributed by atoms with Gasteiger partial charge in [-0.3, -0.25) is 14.1 Å². The van der Waals surface area contributed by atoms with Crippen molar-refractivity contribution < 1.29 is 61.3 Å². The van der Waals surface area contributed by atoms with Crippen LogP contribution < -0.4 is 25.5 Å². The zero-order valence-corrected chi connectivity index (χ0v) is 32.7. The number of hydrogen-bond acceptors (Lipinski definition) is 11. The van der Waals surface area contributed by atoms with Crippen LogP contribution in [0.4, 0.5) is 23.8 Å². The summed E-state index contributed by atoms with van der Waals surface area (Å²) >= 11 is 0. The van der Waals surface area contributed by atoms with Crippen LogP contribution in [0.15, 0.2) is 18.3 Å². The average molecular weight is 764 g/mol. The van der Waals surface area contributed by atoms with E-state index in [1.807, 2.05) is 27.2 Å². The summed E-state index contributed by atoms with van der Waals surface area (Å²) in [6.07, 6.45) is -2.66. The van der Waals surface area contributed by atoms with E-state index in [0.717, 1.165) is 5.82 Å². The van der Waals surface area contributed by atoms with Crippen LogP contribution in [0.3, 0.4) is 0 Å². The van der Waals surface area contributed by atoms with E-state index >= 15 is 0 Å². The number of hydrogen-bond donors (Lipinski definition) is 3. The first-order valence-corrected chi connectivity index (χ1v) is 16.9. The predicted molar refractivity (Wildman–Crippen MR) is 187 cm³/mol. The second-order valence-corrected chi connectivity index (χ2v) is 15.9. The second-order valence-electron chi connectivity index (χ2n) is 15.9. The van der Waals surface area contributed by atoms with Crippen LogP contribution >= 0.6 is 0 Å². The number of nitrogens with one attached hydrogen (secondary N) is 3. The molecule has 18 heteroatoms. The van der Waals surface area contributed by atoms with E-state index in [-0.39, 0.29) is 25.2 Å². The highest BCUT2D eigenvalue weighted by molar-refractivity contribution is 5.94.